The molecule has 6 heteroatoms. The number of nitrogens with zero attached hydrogens (tertiary/aromatic N) is 1. The zero-order valence-electron chi connectivity index (χ0n) is 14.8. The van der Waals surface area contributed by atoms with Crippen LogP contribution in [0.4, 0.5) is 0 Å². The highest BCUT2D eigenvalue weighted by Gasteiger charge is 2.23. The molecule has 0 radical (unpaired) electrons. The molecule has 2 aromatic carbocycles. The topological polar surface area (TPSA) is 49.4 Å². The fraction of sp³-hybridized carbons (Fsp3) is 0.400. The van der Waals surface area contributed by atoms with Gasteiger partial charge in [0.05, 0.1) is 20.3 Å². The molecule has 0 N–H and O–H groups in total. The highest BCUT2D eigenvalue weighted by atomic mass is 16.7. The average Bonchev–Trinajstić information content (AvgIpc) is 3.05. The molecule has 0 unspecified atom stereocenters. The maximum Gasteiger partial charge on any atom is 0.231 e. The molecule has 0 saturated carbocycles. The predicted octanol–water partition coefficient (Wildman–Crippen LogP) is 2.70. The number of ether oxygens (including phenoxy) is 5. The highest BCUT2D eigenvalue weighted by Crippen LogP contribution is 2.36. The molecular weight excluding hydrogens is 334 g/mol. The Balaban J connectivity index is 1.42. The molecule has 2 aromatic rings. The van der Waals surface area contributed by atoms with Crippen molar-refractivity contribution in [3.63, 3.8) is 0 Å². The van der Waals surface area contributed by atoms with Gasteiger partial charge in [-0.1, -0.05) is 12.1 Å². The molecule has 2 aliphatic rings. The van der Waals surface area contributed by atoms with Gasteiger partial charge in [0.25, 0.3) is 0 Å². The molecule has 0 bridgehead atoms. The van der Waals surface area contributed by atoms with E-state index in [9.17, 15) is 0 Å². The van der Waals surface area contributed by atoms with Crippen molar-refractivity contribution in [3.05, 3.63) is 48.0 Å². The Morgan fingerprint density at radius 1 is 1.08 bits per heavy atom. The molecule has 0 aromatic heterocycles. The fourth-order valence-electron chi connectivity index (χ4n) is 3.26. The first-order chi connectivity index (χ1) is 12.8. The van der Waals surface area contributed by atoms with Crippen LogP contribution in [0.3, 0.4) is 0 Å². The minimum Gasteiger partial charge on any atom is -0.497 e. The molecule has 2 aliphatic heterocycles. The SMILES string of the molecule is COc1ccc(O[C@H]2COCCN(Cc3cccc4c3OCO4)C2)cc1. The summed E-state index contributed by atoms with van der Waals surface area (Å²) in [4.78, 5) is 2.33. The van der Waals surface area contributed by atoms with Crippen LogP contribution < -0.4 is 18.9 Å². The Kier molecular flexibility index (Phi) is 5.13. The fourth-order valence-corrected chi connectivity index (χ4v) is 3.26. The van der Waals surface area contributed by atoms with Gasteiger partial charge in [-0.25, -0.2) is 0 Å². The van der Waals surface area contributed by atoms with Gasteiger partial charge in [-0.2, -0.15) is 0 Å². The third-order valence-corrected chi connectivity index (χ3v) is 4.55. The predicted molar refractivity (Wildman–Crippen MR) is 96.1 cm³/mol. The Hall–Kier alpha value is -2.44. The molecule has 138 valence electrons. The van der Waals surface area contributed by atoms with E-state index in [1.165, 1.54) is 0 Å². The lowest BCUT2D eigenvalue weighted by molar-refractivity contribution is 0.0710. The van der Waals surface area contributed by atoms with E-state index in [0.717, 1.165) is 48.2 Å². The molecule has 4 rings (SSSR count). The van der Waals surface area contributed by atoms with Gasteiger partial charge in [0.15, 0.2) is 11.5 Å². The number of para-hydroxylation sites is 1. The number of fused-ring (bicyclic) bond motifs is 1. The van der Waals surface area contributed by atoms with Crippen molar-refractivity contribution in [1.82, 2.24) is 4.90 Å². The van der Waals surface area contributed by atoms with Crippen molar-refractivity contribution in [2.45, 2.75) is 12.6 Å². The average molecular weight is 357 g/mol. The van der Waals surface area contributed by atoms with E-state index < -0.39 is 0 Å². The third kappa shape index (κ3) is 3.86. The van der Waals surface area contributed by atoms with Crippen LogP contribution in [0.1, 0.15) is 5.56 Å². The smallest absolute Gasteiger partial charge is 0.231 e. The maximum atomic E-state index is 6.12. The lowest BCUT2D eigenvalue weighted by atomic mass is 10.1. The van der Waals surface area contributed by atoms with Gasteiger partial charge in [0.2, 0.25) is 6.79 Å². The molecule has 0 spiro atoms. The van der Waals surface area contributed by atoms with Crippen molar-refractivity contribution >= 4 is 0 Å². The Morgan fingerprint density at radius 2 is 1.92 bits per heavy atom. The number of hydrogen-bond donors (Lipinski definition) is 0. The van der Waals surface area contributed by atoms with Crippen molar-refractivity contribution in [1.29, 1.82) is 0 Å². The van der Waals surface area contributed by atoms with Gasteiger partial charge in [-0.05, 0) is 30.3 Å². The molecule has 0 amide bonds. The van der Waals surface area contributed by atoms with Crippen molar-refractivity contribution in [3.8, 4) is 23.0 Å². The quantitative estimate of drug-likeness (QED) is 0.820. The van der Waals surface area contributed by atoms with Gasteiger partial charge < -0.3 is 23.7 Å². The molecule has 2 heterocycles. The maximum absolute atomic E-state index is 6.12. The van der Waals surface area contributed by atoms with E-state index in [0.29, 0.717) is 20.0 Å². The number of methoxy groups -OCH3 is 1. The first kappa shape index (κ1) is 17.0. The molecular formula is C20H23NO5. The molecule has 0 aliphatic carbocycles. The molecule has 1 fully saturated rings. The van der Waals surface area contributed by atoms with E-state index in [2.05, 4.69) is 11.0 Å². The lowest BCUT2D eigenvalue weighted by Crippen LogP contribution is -2.35. The second kappa shape index (κ2) is 7.85. The summed E-state index contributed by atoms with van der Waals surface area (Å²) in [5, 5.41) is 0. The Bertz CT molecular complexity index is 733. The summed E-state index contributed by atoms with van der Waals surface area (Å²) in [6, 6.07) is 13.7. The summed E-state index contributed by atoms with van der Waals surface area (Å²) in [7, 11) is 1.65. The monoisotopic (exact) mass is 357 g/mol. The normalized spacial score (nSPS) is 19.8. The van der Waals surface area contributed by atoms with Crippen molar-refractivity contribution in [2.24, 2.45) is 0 Å². The van der Waals surface area contributed by atoms with Crippen LogP contribution in [0, 0.1) is 0 Å². The molecule has 6 nitrogen and oxygen atoms in total. The Morgan fingerprint density at radius 3 is 2.77 bits per heavy atom. The van der Waals surface area contributed by atoms with Crippen LogP contribution in [0.25, 0.3) is 0 Å². The molecule has 26 heavy (non-hydrogen) atoms. The van der Waals surface area contributed by atoms with Crippen LogP contribution in [0.15, 0.2) is 42.5 Å². The summed E-state index contributed by atoms with van der Waals surface area (Å²) in [6.45, 7) is 3.98. The zero-order chi connectivity index (χ0) is 17.8. The van der Waals surface area contributed by atoms with E-state index >= 15 is 0 Å². The summed E-state index contributed by atoms with van der Waals surface area (Å²) in [5.41, 5.74) is 1.13. The zero-order valence-corrected chi connectivity index (χ0v) is 14.8. The number of benzene rings is 2. The van der Waals surface area contributed by atoms with Gasteiger partial charge in [-0.15, -0.1) is 0 Å². The van der Waals surface area contributed by atoms with E-state index in [1.807, 2.05) is 36.4 Å². The third-order valence-electron chi connectivity index (χ3n) is 4.55. The van der Waals surface area contributed by atoms with Crippen molar-refractivity contribution < 1.29 is 23.7 Å². The van der Waals surface area contributed by atoms with Gasteiger partial charge in [-0.3, -0.25) is 4.90 Å². The van der Waals surface area contributed by atoms with E-state index in [4.69, 9.17) is 23.7 Å². The second-order valence-corrected chi connectivity index (χ2v) is 6.38. The van der Waals surface area contributed by atoms with Crippen molar-refractivity contribution in [2.75, 3.05) is 40.2 Å². The van der Waals surface area contributed by atoms with Gasteiger partial charge >= 0.3 is 0 Å². The minimum absolute atomic E-state index is 0.0279. The number of rotatable bonds is 5. The van der Waals surface area contributed by atoms with Crippen LogP contribution >= 0.6 is 0 Å². The first-order valence-electron chi connectivity index (χ1n) is 8.80. The van der Waals surface area contributed by atoms with E-state index in [1.54, 1.807) is 7.11 Å². The summed E-state index contributed by atoms with van der Waals surface area (Å²) in [6.07, 6.45) is -0.0279. The van der Waals surface area contributed by atoms with Crippen LogP contribution in [0.5, 0.6) is 23.0 Å². The van der Waals surface area contributed by atoms with Crippen LogP contribution in [-0.4, -0.2) is 51.2 Å². The van der Waals surface area contributed by atoms with E-state index in [-0.39, 0.29) is 6.10 Å². The summed E-state index contributed by atoms with van der Waals surface area (Å²) in [5.74, 6) is 3.31. The largest absolute Gasteiger partial charge is 0.497 e. The minimum atomic E-state index is -0.0279. The van der Waals surface area contributed by atoms with Gasteiger partial charge in [0, 0.05) is 25.2 Å². The summed E-state index contributed by atoms with van der Waals surface area (Å²) < 4.78 is 28.1. The molecule has 1 atom stereocenters. The lowest BCUT2D eigenvalue weighted by Gasteiger charge is -2.24. The standard InChI is InChI=1S/C20H23NO5/c1-22-16-5-7-17(8-6-16)26-18-12-21(9-10-23-13-18)11-15-3-2-4-19-20(15)25-14-24-19/h2-8,18H,9-14H2,1H3/t18-/m1/s1. The summed E-state index contributed by atoms with van der Waals surface area (Å²) >= 11 is 0. The Labute approximate surface area is 153 Å². The number of hydrogen-bond acceptors (Lipinski definition) is 6. The highest BCUT2D eigenvalue weighted by molar-refractivity contribution is 5.48. The molecule has 1 saturated heterocycles. The second-order valence-electron chi connectivity index (χ2n) is 6.38. The van der Waals surface area contributed by atoms with Gasteiger partial charge in [0.1, 0.15) is 17.6 Å². The first-order valence-corrected chi connectivity index (χ1v) is 8.80. The van der Waals surface area contributed by atoms with Crippen LogP contribution in [-0.2, 0) is 11.3 Å². The van der Waals surface area contributed by atoms with Crippen LogP contribution in [0.2, 0.25) is 0 Å².